The average molecular weight is 750 g/mol. The summed E-state index contributed by atoms with van der Waals surface area (Å²) in [5.41, 5.74) is 9.40. The maximum Gasteiger partial charge on any atom is 0.242 e. The fourth-order valence-electron chi connectivity index (χ4n) is 9.68. The van der Waals surface area contributed by atoms with Crippen molar-refractivity contribution in [2.75, 3.05) is 4.90 Å². The predicted molar refractivity (Wildman–Crippen MR) is 252 cm³/mol. The van der Waals surface area contributed by atoms with E-state index in [0.717, 1.165) is 39.5 Å². The summed E-state index contributed by atoms with van der Waals surface area (Å²) in [6.45, 7) is 0.0213. The van der Waals surface area contributed by atoms with E-state index in [1.165, 1.54) is 70.4 Å². The molecule has 274 valence electrons. The number of ether oxygens (including phenoxy) is 1. The Morgan fingerprint density at radius 3 is 1.80 bits per heavy atom. The second kappa shape index (κ2) is 13.5. The first-order valence-corrected chi connectivity index (χ1v) is 20.4. The van der Waals surface area contributed by atoms with Gasteiger partial charge in [-0.15, -0.1) is 0 Å². The van der Waals surface area contributed by atoms with Gasteiger partial charge >= 0.3 is 0 Å². The summed E-state index contributed by atoms with van der Waals surface area (Å²) in [6.07, 6.45) is 0. The Morgan fingerprint density at radius 1 is 0.322 bits per heavy atom. The summed E-state index contributed by atoms with van der Waals surface area (Å²) in [7, 11) is 0. The number of hydrogen-bond acceptors (Lipinski definition) is 2. The Morgan fingerprint density at radius 2 is 0.949 bits per heavy atom. The van der Waals surface area contributed by atoms with E-state index in [1.54, 1.807) is 0 Å². The molecule has 0 aliphatic carbocycles. The van der Waals surface area contributed by atoms with Gasteiger partial charge in [0.2, 0.25) is 6.71 Å². The molecule has 0 amide bonds. The first-order chi connectivity index (χ1) is 29.3. The Bertz CT molecular complexity index is 3430. The molecule has 0 saturated carbocycles. The zero-order valence-corrected chi connectivity index (χ0v) is 32.2. The van der Waals surface area contributed by atoms with Crippen LogP contribution in [0, 0.1) is 0 Å². The highest BCUT2D eigenvalue weighted by atomic mass is 16.5. The highest BCUT2D eigenvalue weighted by molar-refractivity contribution is 6.98. The molecule has 0 fully saturated rings. The highest BCUT2D eigenvalue weighted by Gasteiger charge is 2.29. The van der Waals surface area contributed by atoms with Crippen LogP contribution in [0.15, 0.2) is 218 Å². The van der Waals surface area contributed by atoms with Crippen molar-refractivity contribution < 1.29 is 4.74 Å². The number of anilines is 3. The monoisotopic (exact) mass is 749 g/mol. The molecule has 0 atom stereocenters. The van der Waals surface area contributed by atoms with Gasteiger partial charge in [0.05, 0.1) is 0 Å². The van der Waals surface area contributed by atoms with E-state index >= 15 is 0 Å². The molecule has 59 heavy (non-hydrogen) atoms. The lowest BCUT2D eigenvalue weighted by Gasteiger charge is -2.28. The molecule has 1 aliphatic rings. The topological polar surface area (TPSA) is 12.5 Å². The summed E-state index contributed by atoms with van der Waals surface area (Å²) in [5.74, 6) is 1.73. The molecular weight excluding hydrogens is 713 g/mol. The lowest BCUT2D eigenvalue weighted by Crippen LogP contribution is -2.52. The lowest BCUT2D eigenvalue weighted by molar-refractivity contribution is 0.487. The summed E-state index contributed by atoms with van der Waals surface area (Å²) in [6, 6.07) is 79.4. The summed E-state index contributed by atoms with van der Waals surface area (Å²) in [5, 5.41) is 12.3. The van der Waals surface area contributed by atoms with Gasteiger partial charge in [-0.1, -0.05) is 180 Å². The number of nitrogens with zero attached hydrogens (tertiary/aromatic N) is 1. The molecule has 0 aromatic heterocycles. The second-order valence-electron chi connectivity index (χ2n) is 15.6. The molecule has 0 spiro atoms. The van der Waals surface area contributed by atoms with Crippen molar-refractivity contribution in [1.29, 1.82) is 0 Å². The Kier molecular flexibility index (Phi) is 7.67. The van der Waals surface area contributed by atoms with Crippen LogP contribution >= 0.6 is 0 Å². The minimum absolute atomic E-state index is 0.0213. The molecule has 2 nitrogen and oxygen atoms in total. The molecule has 0 unspecified atom stereocenters. The molecule has 0 bridgehead atoms. The van der Waals surface area contributed by atoms with Gasteiger partial charge in [0.15, 0.2) is 0 Å². The minimum Gasteiger partial charge on any atom is -0.456 e. The first-order valence-electron chi connectivity index (χ1n) is 20.4. The Labute approximate surface area is 343 Å². The zero-order chi connectivity index (χ0) is 38.9. The number of hydrogen-bond donors (Lipinski definition) is 0. The largest absolute Gasteiger partial charge is 0.456 e. The van der Waals surface area contributed by atoms with E-state index in [9.17, 15) is 0 Å². The Balaban J connectivity index is 1.07. The highest BCUT2D eigenvalue weighted by Crippen LogP contribution is 2.51. The van der Waals surface area contributed by atoms with E-state index < -0.39 is 0 Å². The maximum atomic E-state index is 6.96. The van der Waals surface area contributed by atoms with Gasteiger partial charge in [0.25, 0.3) is 0 Å². The fourth-order valence-corrected chi connectivity index (χ4v) is 9.68. The van der Waals surface area contributed by atoms with E-state index in [4.69, 9.17) is 4.74 Å². The molecule has 11 aromatic carbocycles. The zero-order valence-electron chi connectivity index (χ0n) is 32.2. The van der Waals surface area contributed by atoms with Crippen LogP contribution in [-0.4, -0.2) is 6.71 Å². The third-order valence-electron chi connectivity index (χ3n) is 12.3. The van der Waals surface area contributed by atoms with Crippen molar-refractivity contribution in [3.63, 3.8) is 0 Å². The van der Waals surface area contributed by atoms with Crippen molar-refractivity contribution in [3.8, 4) is 22.6 Å². The first kappa shape index (κ1) is 33.5. The lowest BCUT2D eigenvalue weighted by atomic mass is 9.35. The van der Waals surface area contributed by atoms with Crippen LogP contribution in [0.2, 0.25) is 0 Å². The molecule has 1 heterocycles. The van der Waals surface area contributed by atoms with Gasteiger partial charge in [-0.2, -0.15) is 0 Å². The standard InChI is InChI=1S/C56H36BNO/c1-3-19-40(20-4-1)57(52-27-13-18-38-16-9-10-23-44(38)52)53-36-50-48-26-14-28-54-56(48)51(35-49(50)45-24-11-12-25-46(45)53)47-32-31-43(34-55(47)59-54)58(41-21-5-2-6-22-41)42-30-29-37-15-7-8-17-39(37)33-42/h1-36H. The average Bonchev–Trinajstić information content (AvgIpc) is 3.30. The van der Waals surface area contributed by atoms with Crippen molar-refractivity contribution in [2.24, 2.45) is 0 Å². The molecule has 1 aliphatic heterocycles. The molecular formula is C56H36BNO. The van der Waals surface area contributed by atoms with Crippen LogP contribution < -0.4 is 26.0 Å². The second-order valence-corrected chi connectivity index (χ2v) is 15.6. The van der Waals surface area contributed by atoms with Gasteiger partial charge in [-0.25, -0.2) is 0 Å². The summed E-state index contributed by atoms with van der Waals surface area (Å²) in [4.78, 5) is 2.32. The SMILES string of the molecule is c1ccc(B(c2cccc3ccccc23)c2cc3c4cccc5c4c(cc3c3ccccc23)-c2ccc(N(c3ccccc3)c3ccc4ccccc4c3)cc2O5)cc1. The van der Waals surface area contributed by atoms with E-state index in [2.05, 4.69) is 223 Å². The number of fused-ring (bicyclic) bond motifs is 8. The fraction of sp³-hybridized carbons (Fsp3) is 0. The van der Waals surface area contributed by atoms with Crippen molar-refractivity contribution in [1.82, 2.24) is 0 Å². The van der Waals surface area contributed by atoms with Gasteiger partial charge in [-0.05, 0) is 103 Å². The number of rotatable bonds is 6. The van der Waals surface area contributed by atoms with Crippen LogP contribution in [-0.2, 0) is 0 Å². The van der Waals surface area contributed by atoms with Crippen LogP contribution in [0.1, 0.15) is 0 Å². The quantitative estimate of drug-likeness (QED) is 0.124. The maximum absolute atomic E-state index is 6.96. The van der Waals surface area contributed by atoms with E-state index in [-0.39, 0.29) is 6.71 Å². The van der Waals surface area contributed by atoms with E-state index in [1.807, 2.05) is 0 Å². The van der Waals surface area contributed by atoms with Gasteiger partial charge in [-0.3, -0.25) is 0 Å². The number of benzene rings is 11. The van der Waals surface area contributed by atoms with Crippen LogP contribution in [0.5, 0.6) is 11.5 Å². The van der Waals surface area contributed by atoms with Gasteiger partial charge in [0.1, 0.15) is 11.5 Å². The van der Waals surface area contributed by atoms with Crippen LogP contribution in [0.25, 0.3) is 65.0 Å². The van der Waals surface area contributed by atoms with Gasteiger partial charge in [0, 0.05) is 34.1 Å². The third kappa shape index (κ3) is 5.43. The molecule has 0 saturated heterocycles. The Hall–Kier alpha value is -7.62. The van der Waals surface area contributed by atoms with Crippen LogP contribution in [0.3, 0.4) is 0 Å². The third-order valence-corrected chi connectivity index (χ3v) is 12.3. The van der Waals surface area contributed by atoms with Crippen LogP contribution in [0.4, 0.5) is 17.1 Å². The summed E-state index contributed by atoms with van der Waals surface area (Å²) < 4.78 is 6.96. The molecule has 11 aromatic rings. The van der Waals surface area contributed by atoms with Crippen molar-refractivity contribution >= 4 is 94.0 Å². The molecule has 12 rings (SSSR count). The van der Waals surface area contributed by atoms with E-state index in [0.29, 0.717) is 0 Å². The predicted octanol–water partition coefficient (Wildman–Crippen LogP) is 13.2. The van der Waals surface area contributed by atoms with Gasteiger partial charge < -0.3 is 9.64 Å². The molecule has 0 radical (unpaired) electrons. The molecule has 0 N–H and O–H groups in total. The number of para-hydroxylation sites is 1. The minimum atomic E-state index is 0.0213. The van der Waals surface area contributed by atoms with Crippen molar-refractivity contribution in [2.45, 2.75) is 0 Å². The molecule has 3 heteroatoms. The van der Waals surface area contributed by atoms with Crippen molar-refractivity contribution in [3.05, 3.63) is 218 Å². The smallest absolute Gasteiger partial charge is 0.242 e. The normalized spacial score (nSPS) is 11.9. The summed E-state index contributed by atoms with van der Waals surface area (Å²) >= 11 is 0.